The zero-order valence-electron chi connectivity index (χ0n) is 8.85. The quantitative estimate of drug-likeness (QED) is 0.684. The van der Waals surface area contributed by atoms with Crippen molar-refractivity contribution in [1.29, 1.82) is 0 Å². The molecule has 17 heavy (non-hydrogen) atoms. The third-order valence-corrected chi connectivity index (χ3v) is 2.71. The Morgan fingerprint density at radius 1 is 1.00 bits per heavy atom. The summed E-state index contributed by atoms with van der Waals surface area (Å²) in [4.78, 5) is 0. The first-order valence-corrected chi connectivity index (χ1v) is 5.20. The number of benzene rings is 2. The predicted molar refractivity (Wildman–Crippen MR) is 63.3 cm³/mol. The molecule has 1 aromatic heterocycles. The van der Waals surface area contributed by atoms with Gasteiger partial charge in [-0.25, -0.2) is 4.39 Å². The fourth-order valence-electron chi connectivity index (χ4n) is 1.87. The lowest BCUT2D eigenvalue weighted by Gasteiger charge is -1.98. The average molecular weight is 228 g/mol. The number of halogens is 1. The molecule has 0 amide bonds. The van der Waals surface area contributed by atoms with Crippen LogP contribution in [0.25, 0.3) is 22.1 Å². The summed E-state index contributed by atoms with van der Waals surface area (Å²) >= 11 is 0. The number of hydrogen-bond acceptors (Lipinski definition) is 2. The molecule has 0 unspecified atom stereocenters. The van der Waals surface area contributed by atoms with Crippen molar-refractivity contribution in [3.63, 3.8) is 0 Å². The Morgan fingerprint density at radius 3 is 2.53 bits per heavy atom. The van der Waals surface area contributed by atoms with E-state index in [1.807, 2.05) is 0 Å². The molecule has 0 spiro atoms. The van der Waals surface area contributed by atoms with Gasteiger partial charge in [0.15, 0.2) is 0 Å². The number of hydrogen-bond donors (Lipinski definition) is 1. The van der Waals surface area contributed by atoms with E-state index < -0.39 is 0 Å². The van der Waals surface area contributed by atoms with E-state index in [1.165, 1.54) is 12.1 Å². The molecule has 2 aromatic carbocycles. The summed E-state index contributed by atoms with van der Waals surface area (Å²) in [5, 5.41) is 10.3. The van der Waals surface area contributed by atoms with E-state index in [-0.39, 0.29) is 11.6 Å². The number of fused-ring (bicyclic) bond motifs is 1. The average Bonchev–Trinajstić information content (AvgIpc) is 2.73. The van der Waals surface area contributed by atoms with Crippen LogP contribution < -0.4 is 0 Å². The molecule has 1 heterocycles. The van der Waals surface area contributed by atoms with E-state index in [0.717, 1.165) is 16.5 Å². The van der Waals surface area contributed by atoms with Crippen LogP contribution in [0.3, 0.4) is 0 Å². The van der Waals surface area contributed by atoms with Crippen LogP contribution in [0.5, 0.6) is 5.75 Å². The van der Waals surface area contributed by atoms with Gasteiger partial charge in [0, 0.05) is 10.9 Å². The molecular formula is C14H9FO2. The monoisotopic (exact) mass is 228 g/mol. The summed E-state index contributed by atoms with van der Waals surface area (Å²) in [6, 6.07) is 11.1. The second-order valence-electron chi connectivity index (χ2n) is 3.84. The Bertz CT molecular complexity index is 668. The second kappa shape index (κ2) is 3.63. The lowest BCUT2D eigenvalue weighted by molar-refractivity contribution is 0.476. The Labute approximate surface area is 96.9 Å². The normalized spacial score (nSPS) is 10.9. The van der Waals surface area contributed by atoms with Gasteiger partial charge < -0.3 is 9.52 Å². The summed E-state index contributed by atoms with van der Waals surface area (Å²) < 4.78 is 18.2. The zero-order valence-corrected chi connectivity index (χ0v) is 8.85. The number of furan rings is 1. The smallest absolute Gasteiger partial charge is 0.134 e. The molecule has 0 saturated carbocycles. The highest BCUT2D eigenvalue weighted by atomic mass is 19.1. The first-order chi connectivity index (χ1) is 8.24. The maximum atomic E-state index is 12.8. The molecule has 0 bridgehead atoms. The highest BCUT2D eigenvalue weighted by Crippen LogP contribution is 2.32. The van der Waals surface area contributed by atoms with Crippen molar-refractivity contribution in [2.75, 3.05) is 0 Å². The van der Waals surface area contributed by atoms with E-state index in [0.29, 0.717) is 5.58 Å². The number of rotatable bonds is 1. The summed E-state index contributed by atoms with van der Waals surface area (Å²) in [5.41, 5.74) is 2.40. The zero-order chi connectivity index (χ0) is 11.8. The van der Waals surface area contributed by atoms with Gasteiger partial charge in [-0.1, -0.05) is 12.1 Å². The first kappa shape index (κ1) is 9.90. The van der Waals surface area contributed by atoms with Crippen LogP contribution in [-0.4, -0.2) is 5.11 Å². The summed E-state index contributed by atoms with van der Waals surface area (Å²) in [6.07, 6.45) is 1.61. The van der Waals surface area contributed by atoms with Crippen molar-refractivity contribution in [2.24, 2.45) is 0 Å². The minimum atomic E-state index is -0.274. The number of aromatic hydroxyl groups is 1. The van der Waals surface area contributed by atoms with Crippen molar-refractivity contribution < 1.29 is 13.9 Å². The molecule has 0 fully saturated rings. The highest BCUT2D eigenvalue weighted by molar-refractivity contribution is 5.94. The van der Waals surface area contributed by atoms with Gasteiger partial charge in [-0.05, 0) is 35.9 Å². The third kappa shape index (κ3) is 1.65. The van der Waals surface area contributed by atoms with Crippen molar-refractivity contribution in [3.05, 3.63) is 54.5 Å². The Balaban J connectivity index is 2.23. The second-order valence-corrected chi connectivity index (χ2v) is 3.84. The maximum Gasteiger partial charge on any atom is 0.134 e. The van der Waals surface area contributed by atoms with Gasteiger partial charge in [0.2, 0.25) is 0 Å². The first-order valence-electron chi connectivity index (χ1n) is 5.20. The van der Waals surface area contributed by atoms with Gasteiger partial charge in [0.25, 0.3) is 0 Å². The van der Waals surface area contributed by atoms with E-state index in [1.54, 1.807) is 36.6 Å². The molecule has 0 aliphatic carbocycles. The molecule has 0 saturated heterocycles. The topological polar surface area (TPSA) is 33.4 Å². The van der Waals surface area contributed by atoms with Crippen LogP contribution in [0.2, 0.25) is 0 Å². The maximum absolute atomic E-state index is 12.8. The molecule has 84 valence electrons. The minimum absolute atomic E-state index is 0.183. The van der Waals surface area contributed by atoms with Gasteiger partial charge >= 0.3 is 0 Å². The predicted octanol–water partition coefficient (Wildman–Crippen LogP) is 3.94. The standard InChI is InChI=1S/C14H9FO2/c15-10-3-1-9(2-4-10)13-8-17-14-6-5-11(16)7-12(13)14/h1-8,16H. The minimum Gasteiger partial charge on any atom is -0.508 e. The molecule has 0 aliphatic rings. The molecule has 0 atom stereocenters. The fourth-order valence-corrected chi connectivity index (χ4v) is 1.87. The molecule has 0 aliphatic heterocycles. The molecule has 2 nitrogen and oxygen atoms in total. The molecule has 3 rings (SSSR count). The van der Waals surface area contributed by atoms with Gasteiger partial charge in [0.1, 0.15) is 17.1 Å². The van der Waals surface area contributed by atoms with Crippen LogP contribution in [-0.2, 0) is 0 Å². The van der Waals surface area contributed by atoms with E-state index >= 15 is 0 Å². The summed E-state index contributed by atoms with van der Waals surface area (Å²) in [6.45, 7) is 0. The van der Waals surface area contributed by atoms with Crippen LogP contribution in [0.15, 0.2) is 53.1 Å². The largest absolute Gasteiger partial charge is 0.508 e. The number of phenols is 1. The highest BCUT2D eigenvalue weighted by Gasteiger charge is 2.08. The van der Waals surface area contributed by atoms with Crippen molar-refractivity contribution in [3.8, 4) is 16.9 Å². The van der Waals surface area contributed by atoms with Gasteiger partial charge in [-0.15, -0.1) is 0 Å². The van der Waals surface area contributed by atoms with Gasteiger partial charge in [0.05, 0.1) is 6.26 Å². The lowest BCUT2D eigenvalue weighted by Crippen LogP contribution is -1.77. The van der Waals surface area contributed by atoms with Crippen molar-refractivity contribution in [1.82, 2.24) is 0 Å². The van der Waals surface area contributed by atoms with Crippen LogP contribution in [0.1, 0.15) is 0 Å². The Hall–Kier alpha value is -2.29. The summed E-state index contributed by atoms with van der Waals surface area (Å²) in [7, 11) is 0. The van der Waals surface area contributed by atoms with E-state index in [4.69, 9.17) is 4.42 Å². The van der Waals surface area contributed by atoms with Gasteiger partial charge in [-0.2, -0.15) is 0 Å². The Morgan fingerprint density at radius 2 is 1.76 bits per heavy atom. The Kier molecular flexibility index (Phi) is 2.11. The van der Waals surface area contributed by atoms with E-state index in [9.17, 15) is 9.50 Å². The van der Waals surface area contributed by atoms with Crippen LogP contribution in [0, 0.1) is 5.82 Å². The number of phenolic OH excluding ortho intramolecular Hbond substituents is 1. The van der Waals surface area contributed by atoms with Crippen LogP contribution in [0.4, 0.5) is 4.39 Å². The van der Waals surface area contributed by atoms with Gasteiger partial charge in [-0.3, -0.25) is 0 Å². The van der Waals surface area contributed by atoms with Crippen LogP contribution >= 0.6 is 0 Å². The molecule has 3 heteroatoms. The van der Waals surface area contributed by atoms with Crippen molar-refractivity contribution >= 4 is 11.0 Å². The summed E-state index contributed by atoms with van der Waals surface area (Å²) in [5.74, 6) is -0.0911. The lowest BCUT2D eigenvalue weighted by atomic mass is 10.0. The SMILES string of the molecule is Oc1ccc2occ(-c3ccc(F)cc3)c2c1. The van der Waals surface area contributed by atoms with Crippen molar-refractivity contribution in [2.45, 2.75) is 0 Å². The molecule has 0 radical (unpaired) electrons. The third-order valence-electron chi connectivity index (χ3n) is 2.71. The van der Waals surface area contributed by atoms with E-state index in [2.05, 4.69) is 0 Å². The fraction of sp³-hybridized carbons (Fsp3) is 0. The molecular weight excluding hydrogens is 219 g/mol. The molecule has 3 aromatic rings. The molecule has 1 N–H and O–H groups in total.